The van der Waals surface area contributed by atoms with Crippen LogP contribution in [0.1, 0.15) is 12.5 Å². The fourth-order valence-electron chi connectivity index (χ4n) is 2.15. The van der Waals surface area contributed by atoms with Crippen molar-refractivity contribution in [1.82, 2.24) is 9.38 Å². The van der Waals surface area contributed by atoms with Crippen LogP contribution in [-0.2, 0) is 0 Å². The van der Waals surface area contributed by atoms with E-state index in [1.165, 1.54) is 0 Å². The molecule has 2 aromatic heterocycles. The normalized spacial score (nSPS) is 10.4. The smallest absolute Gasteiger partial charge is 0.137 e. The van der Waals surface area contributed by atoms with E-state index in [1.807, 2.05) is 47.9 Å². The van der Waals surface area contributed by atoms with Crippen molar-refractivity contribution in [2.45, 2.75) is 6.92 Å². The molecule has 0 atom stereocenters. The number of nitriles is 1. The molecule has 0 saturated carbocycles. The lowest BCUT2D eigenvalue weighted by Crippen LogP contribution is -1.93. The molecule has 0 spiro atoms. The third kappa shape index (κ3) is 2.10. The molecule has 0 aliphatic heterocycles. The minimum atomic E-state index is 0.611. The maximum absolute atomic E-state index is 8.93. The topological polar surface area (TPSA) is 50.3 Å². The van der Waals surface area contributed by atoms with E-state index in [4.69, 9.17) is 10.00 Å². The number of hydrogen-bond donors (Lipinski definition) is 0. The summed E-state index contributed by atoms with van der Waals surface area (Å²) in [5, 5.41) is 8.93. The Morgan fingerprint density at radius 2 is 2.05 bits per heavy atom. The molecule has 4 heteroatoms. The minimum Gasteiger partial charge on any atom is -0.493 e. The van der Waals surface area contributed by atoms with Gasteiger partial charge in [0.1, 0.15) is 17.5 Å². The van der Waals surface area contributed by atoms with Gasteiger partial charge in [0.25, 0.3) is 0 Å². The van der Waals surface area contributed by atoms with Crippen LogP contribution in [0.5, 0.6) is 5.75 Å². The fourth-order valence-corrected chi connectivity index (χ4v) is 2.15. The van der Waals surface area contributed by atoms with Crippen LogP contribution in [-0.4, -0.2) is 16.0 Å². The summed E-state index contributed by atoms with van der Waals surface area (Å²) in [6, 6.07) is 13.6. The lowest BCUT2D eigenvalue weighted by Gasteiger charge is -2.07. The molecule has 0 fully saturated rings. The molecule has 3 rings (SSSR count). The third-order valence-electron chi connectivity index (χ3n) is 3.04. The first-order valence-electron chi connectivity index (χ1n) is 6.43. The van der Waals surface area contributed by atoms with E-state index in [1.54, 1.807) is 12.3 Å². The van der Waals surface area contributed by atoms with Gasteiger partial charge in [0.05, 0.1) is 17.9 Å². The molecule has 0 aliphatic rings. The second-order valence-corrected chi connectivity index (χ2v) is 4.35. The maximum Gasteiger partial charge on any atom is 0.137 e. The monoisotopic (exact) mass is 263 g/mol. The van der Waals surface area contributed by atoms with Crippen molar-refractivity contribution >= 4 is 5.65 Å². The van der Waals surface area contributed by atoms with Crippen LogP contribution in [0.3, 0.4) is 0 Å². The molecule has 0 unspecified atom stereocenters. The number of hydrogen-bond acceptors (Lipinski definition) is 3. The van der Waals surface area contributed by atoms with Crippen molar-refractivity contribution < 1.29 is 4.74 Å². The highest BCUT2D eigenvalue weighted by Crippen LogP contribution is 2.29. The van der Waals surface area contributed by atoms with E-state index < -0.39 is 0 Å². The lowest BCUT2D eigenvalue weighted by atomic mass is 10.1. The summed E-state index contributed by atoms with van der Waals surface area (Å²) >= 11 is 0. The second kappa shape index (κ2) is 5.06. The Morgan fingerprint density at radius 3 is 2.85 bits per heavy atom. The number of imidazole rings is 1. The number of benzene rings is 1. The summed E-state index contributed by atoms with van der Waals surface area (Å²) in [5.74, 6) is 0.818. The zero-order valence-electron chi connectivity index (χ0n) is 11.1. The summed E-state index contributed by atoms with van der Waals surface area (Å²) in [4.78, 5) is 4.57. The van der Waals surface area contributed by atoms with E-state index in [2.05, 4.69) is 11.1 Å². The van der Waals surface area contributed by atoms with Crippen molar-refractivity contribution in [1.29, 1.82) is 5.26 Å². The molecule has 0 aliphatic carbocycles. The van der Waals surface area contributed by atoms with Crippen LogP contribution in [0.25, 0.3) is 16.9 Å². The number of ether oxygens (including phenoxy) is 1. The van der Waals surface area contributed by atoms with Gasteiger partial charge in [-0.3, -0.25) is 0 Å². The van der Waals surface area contributed by atoms with Gasteiger partial charge in [-0.2, -0.15) is 5.26 Å². The molecule has 0 amide bonds. The Bertz CT molecular complexity index is 799. The summed E-state index contributed by atoms with van der Waals surface area (Å²) in [5.41, 5.74) is 3.21. The highest BCUT2D eigenvalue weighted by molar-refractivity contribution is 5.69. The summed E-state index contributed by atoms with van der Waals surface area (Å²) in [6.07, 6.45) is 3.68. The molecule has 3 aromatic rings. The predicted molar refractivity (Wildman–Crippen MR) is 76.5 cm³/mol. The van der Waals surface area contributed by atoms with Crippen molar-refractivity contribution in [3.05, 3.63) is 54.4 Å². The summed E-state index contributed by atoms with van der Waals surface area (Å²) in [6.45, 7) is 2.57. The van der Waals surface area contributed by atoms with E-state index in [-0.39, 0.29) is 0 Å². The summed E-state index contributed by atoms with van der Waals surface area (Å²) < 4.78 is 7.49. The Kier molecular flexibility index (Phi) is 3.10. The third-order valence-corrected chi connectivity index (χ3v) is 3.04. The van der Waals surface area contributed by atoms with Gasteiger partial charge in [-0.15, -0.1) is 0 Å². The SMILES string of the molecule is CCOc1ccccc1-c1cn2cc(C#N)ccc2n1. The zero-order valence-corrected chi connectivity index (χ0v) is 11.1. The van der Waals surface area contributed by atoms with Crippen molar-refractivity contribution in [2.75, 3.05) is 6.61 Å². The number of fused-ring (bicyclic) bond motifs is 1. The zero-order chi connectivity index (χ0) is 13.9. The molecular weight excluding hydrogens is 250 g/mol. The standard InChI is InChI=1S/C16H13N3O/c1-2-20-15-6-4-3-5-13(15)14-11-19-10-12(9-17)7-8-16(19)18-14/h3-8,10-11H,2H2,1H3. The Hall–Kier alpha value is -2.80. The van der Waals surface area contributed by atoms with Crippen LogP contribution in [0, 0.1) is 11.3 Å². The molecule has 4 nitrogen and oxygen atoms in total. The van der Waals surface area contributed by atoms with E-state index in [0.29, 0.717) is 12.2 Å². The first-order valence-corrected chi connectivity index (χ1v) is 6.43. The Balaban J connectivity index is 2.13. The van der Waals surface area contributed by atoms with Gasteiger partial charge in [-0.05, 0) is 31.2 Å². The van der Waals surface area contributed by atoms with Gasteiger partial charge in [0.15, 0.2) is 0 Å². The molecule has 2 heterocycles. The van der Waals surface area contributed by atoms with E-state index in [9.17, 15) is 0 Å². The summed E-state index contributed by atoms with van der Waals surface area (Å²) in [7, 11) is 0. The van der Waals surface area contributed by atoms with Gasteiger partial charge >= 0.3 is 0 Å². The van der Waals surface area contributed by atoms with Crippen LogP contribution < -0.4 is 4.74 Å². The molecule has 98 valence electrons. The average molecular weight is 263 g/mol. The second-order valence-electron chi connectivity index (χ2n) is 4.35. The highest BCUT2D eigenvalue weighted by Gasteiger charge is 2.09. The van der Waals surface area contributed by atoms with E-state index >= 15 is 0 Å². The van der Waals surface area contributed by atoms with Crippen LogP contribution in [0.15, 0.2) is 48.8 Å². The Labute approximate surface area is 116 Å². The van der Waals surface area contributed by atoms with Gasteiger partial charge < -0.3 is 9.14 Å². The van der Waals surface area contributed by atoms with Gasteiger partial charge in [-0.1, -0.05) is 12.1 Å². The number of aromatic nitrogens is 2. The van der Waals surface area contributed by atoms with Crippen molar-refractivity contribution in [2.24, 2.45) is 0 Å². The first kappa shape index (κ1) is 12.2. The molecule has 0 bridgehead atoms. The molecular formula is C16H13N3O. The molecule has 0 radical (unpaired) electrons. The number of pyridine rings is 1. The highest BCUT2D eigenvalue weighted by atomic mass is 16.5. The molecule has 1 aromatic carbocycles. The largest absolute Gasteiger partial charge is 0.493 e. The number of rotatable bonds is 3. The van der Waals surface area contributed by atoms with Gasteiger partial charge in [0, 0.05) is 18.0 Å². The first-order chi connectivity index (χ1) is 9.81. The minimum absolute atomic E-state index is 0.611. The van der Waals surface area contributed by atoms with Crippen LogP contribution in [0.2, 0.25) is 0 Å². The molecule has 0 N–H and O–H groups in total. The number of para-hydroxylation sites is 1. The average Bonchev–Trinajstić information content (AvgIpc) is 2.90. The Morgan fingerprint density at radius 1 is 1.20 bits per heavy atom. The van der Waals surface area contributed by atoms with Crippen LogP contribution in [0.4, 0.5) is 0 Å². The van der Waals surface area contributed by atoms with Crippen molar-refractivity contribution in [3.8, 4) is 23.1 Å². The quantitative estimate of drug-likeness (QED) is 0.728. The van der Waals surface area contributed by atoms with Crippen molar-refractivity contribution in [3.63, 3.8) is 0 Å². The van der Waals surface area contributed by atoms with Crippen LogP contribution >= 0.6 is 0 Å². The molecule has 20 heavy (non-hydrogen) atoms. The predicted octanol–water partition coefficient (Wildman–Crippen LogP) is 3.27. The maximum atomic E-state index is 8.93. The number of nitrogens with zero attached hydrogens (tertiary/aromatic N) is 3. The van der Waals surface area contributed by atoms with E-state index in [0.717, 1.165) is 22.7 Å². The fraction of sp³-hybridized carbons (Fsp3) is 0.125. The van der Waals surface area contributed by atoms with Gasteiger partial charge in [0.2, 0.25) is 0 Å². The molecule has 0 saturated heterocycles. The lowest BCUT2D eigenvalue weighted by molar-refractivity contribution is 0.341. The van der Waals surface area contributed by atoms with Gasteiger partial charge in [-0.25, -0.2) is 4.98 Å².